The highest BCUT2D eigenvalue weighted by molar-refractivity contribution is 5.94. The third-order valence-corrected chi connectivity index (χ3v) is 8.95. The molecule has 6 fully saturated rings. The summed E-state index contributed by atoms with van der Waals surface area (Å²) in [5.74, 6) is -5.22. The number of fused-ring (bicyclic) bond motifs is 1. The molecule has 0 radical (unpaired) electrons. The Hall–Kier alpha value is -1.79. The van der Waals surface area contributed by atoms with E-state index in [9.17, 15) is 34.8 Å². The van der Waals surface area contributed by atoms with Crippen molar-refractivity contribution in [1.29, 1.82) is 0 Å². The van der Waals surface area contributed by atoms with Gasteiger partial charge in [-0.1, -0.05) is 20.8 Å². The lowest BCUT2D eigenvalue weighted by atomic mass is 9.51. The maximum Gasteiger partial charge on any atom is 0.343 e. The van der Waals surface area contributed by atoms with Crippen LogP contribution in [0.15, 0.2) is 0 Å². The van der Waals surface area contributed by atoms with E-state index in [2.05, 4.69) is 0 Å². The molecule has 2 spiro atoms. The number of hydrogen-bond acceptors (Lipinski definition) is 11. The van der Waals surface area contributed by atoms with Crippen molar-refractivity contribution in [1.82, 2.24) is 0 Å². The van der Waals surface area contributed by atoms with Gasteiger partial charge in [-0.3, -0.25) is 4.79 Å². The molecule has 6 aliphatic rings. The summed E-state index contributed by atoms with van der Waals surface area (Å²) in [6, 6.07) is 0. The Morgan fingerprint density at radius 2 is 1.58 bits per heavy atom. The van der Waals surface area contributed by atoms with Crippen molar-refractivity contribution in [3.8, 4) is 0 Å². The fourth-order valence-electron chi connectivity index (χ4n) is 8.27. The van der Waals surface area contributed by atoms with Crippen molar-refractivity contribution < 1.29 is 53.8 Å². The van der Waals surface area contributed by atoms with Crippen LogP contribution in [0.4, 0.5) is 0 Å². The van der Waals surface area contributed by atoms with E-state index in [0.29, 0.717) is 0 Å². The van der Waals surface area contributed by atoms with E-state index in [-0.39, 0.29) is 0 Å². The summed E-state index contributed by atoms with van der Waals surface area (Å²) in [5, 5.41) is 46.1. The van der Waals surface area contributed by atoms with Gasteiger partial charge in [0.2, 0.25) is 11.9 Å². The Morgan fingerprint density at radius 1 is 0.935 bits per heavy atom. The minimum absolute atomic E-state index is 0.792. The Bertz CT molecular complexity index is 957. The quantitative estimate of drug-likeness (QED) is 0.234. The van der Waals surface area contributed by atoms with Gasteiger partial charge in [-0.2, -0.15) is 0 Å². The van der Waals surface area contributed by atoms with Crippen molar-refractivity contribution in [3.05, 3.63) is 0 Å². The average Bonchev–Trinajstić information content (AvgIpc) is 3.35. The summed E-state index contributed by atoms with van der Waals surface area (Å²) >= 11 is 0. The number of aliphatic hydroxyl groups is 4. The summed E-state index contributed by atoms with van der Waals surface area (Å²) in [5.41, 5.74) is -9.40. The molecule has 4 saturated heterocycles. The van der Waals surface area contributed by atoms with E-state index in [1.54, 1.807) is 20.8 Å². The van der Waals surface area contributed by atoms with Crippen LogP contribution in [0.5, 0.6) is 0 Å². The first-order valence-electron chi connectivity index (χ1n) is 10.3. The van der Waals surface area contributed by atoms with E-state index in [0.717, 1.165) is 0 Å². The van der Waals surface area contributed by atoms with Crippen molar-refractivity contribution >= 4 is 17.9 Å². The summed E-state index contributed by atoms with van der Waals surface area (Å²) < 4.78 is 22.2. The number of aliphatic hydroxyl groups excluding tert-OH is 3. The molecule has 0 aromatic rings. The standard InChI is InChI=1S/C20H24O11/c1-5-12(24)28-11-8(22)18-10-6(21)7(16(2,3)4)17(18)9(23)13(25)30-15(17)31-20(18,14(26)29-10)19(5,11)27/h5-11,15,21-23,27H,1-4H3/t5-,6-,7+,8-,9+,10-,11+,15?,17?,18?,19-,20-/m1/s1. The van der Waals surface area contributed by atoms with Gasteiger partial charge in [0.15, 0.2) is 17.8 Å². The number of ether oxygens (including phenoxy) is 4. The first-order chi connectivity index (χ1) is 14.3. The number of carbonyl (C=O) groups is 3. The van der Waals surface area contributed by atoms with Crippen molar-refractivity contribution in [2.45, 2.75) is 75.7 Å². The smallest absolute Gasteiger partial charge is 0.343 e. The number of hydrogen-bond donors (Lipinski definition) is 4. The van der Waals surface area contributed by atoms with Crippen LogP contribution in [-0.4, -0.2) is 86.3 Å². The fourth-order valence-corrected chi connectivity index (χ4v) is 8.27. The minimum Gasteiger partial charge on any atom is -0.456 e. The summed E-state index contributed by atoms with van der Waals surface area (Å²) in [6.45, 7) is 6.63. The fraction of sp³-hybridized carbons (Fsp3) is 0.850. The number of carbonyl (C=O) groups excluding carboxylic acids is 3. The predicted molar refractivity (Wildman–Crippen MR) is 93.4 cm³/mol. The Kier molecular flexibility index (Phi) is 3.15. The third-order valence-electron chi connectivity index (χ3n) is 8.95. The lowest BCUT2D eigenvalue weighted by Gasteiger charge is -2.47. The molecule has 2 saturated carbocycles. The molecule has 12 atom stereocenters. The second-order valence-corrected chi connectivity index (χ2v) is 10.8. The molecule has 6 rings (SSSR count). The molecule has 3 unspecified atom stereocenters. The Morgan fingerprint density at radius 3 is 2.19 bits per heavy atom. The van der Waals surface area contributed by atoms with Gasteiger partial charge in [0.25, 0.3) is 0 Å². The normalized spacial score (nSPS) is 61.0. The largest absolute Gasteiger partial charge is 0.456 e. The van der Waals surface area contributed by atoms with Crippen LogP contribution in [0, 0.1) is 28.1 Å². The number of rotatable bonds is 0. The molecule has 0 aromatic heterocycles. The highest BCUT2D eigenvalue weighted by atomic mass is 16.8. The molecule has 11 nitrogen and oxygen atoms in total. The van der Waals surface area contributed by atoms with Gasteiger partial charge in [0.1, 0.15) is 12.2 Å². The van der Waals surface area contributed by atoms with Crippen molar-refractivity contribution in [2.24, 2.45) is 28.1 Å². The lowest BCUT2D eigenvalue weighted by Crippen LogP contribution is -2.67. The molecule has 2 aliphatic carbocycles. The Balaban J connectivity index is 1.75. The van der Waals surface area contributed by atoms with Crippen LogP contribution in [0.1, 0.15) is 27.7 Å². The monoisotopic (exact) mass is 440 g/mol. The highest BCUT2D eigenvalue weighted by Crippen LogP contribution is 2.84. The molecule has 4 aliphatic heterocycles. The molecular formula is C20H24O11. The van der Waals surface area contributed by atoms with Crippen LogP contribution in [0.25, 0.3) is 0 Å². The minimum atomic E-state index is -2.40. The van der Waals surface area contributed by atoms with Gasteiger partial charge in [0, 0.05) is 5.92 Å². The molecular weight excluding hydrogens is 416 g/mol. The Labute approximate surface area is 176 Å². The van der Waals surface area contributed by atoms with Gasteiger partial charge < -0.3 is 39.4 Å². The van der Waals surface area contributed by atoms with Crippen LogP contribution in [-0.2, 0) is 33.3 Å². The third kappa shape index (κ3) is 1.43. The summed E-state index contributed by atoms with van der Waals surface area (Å²) in [7, 11) is 0. The topological polar surface area (TPSA) is 169 Å². The molecule has 31 heavy (non-hydrogen) atoms. The molecule has 11 heteroatoms. The van der Waals surface area contributed by atoms with Gasteiger partial charge in [0.05, 0.1) is 22.9 Å². The average molecular weight is 440 g/mol. The maximum absolute atomic E-state index is 13.4. The molecule has 170 valence electrons. The van der Waals surface area contributed by atoms with Gasteiger partial charge >= 0.3 is 17.9 Å². The van der Waals surface area contributed by atoms with Gasteiger partial charge in [-0.15, -0.1) is 0 Å². The van der Waals surface area contributed by atoms with Gasteiger partial charge in [-0.05, 0) is 12.3 Å². The maximum atomic E-state index is 13.4. The lowest BCUT2D eigenvalue weighted by molar-refractivity contribution is -0.240. The zero-order valence-corrected chi connectivity index (χ0v) is 17.3. The molecule has 0 bridgehead atoms. The van der Waals surface area contributed by atoms with Gasteiger partial charge in [-0.25, -0.2) is 9.59 Å². The number of esters is 3. The van der Waals surface area contributed by atoms with E-state index >= 15 is 0 Å². The second-order valence-electron chi connectivity index (χ2n) is 10.8. The summed E-state index contributed by atoms with van der Waals surface area (Å²) in [6.07, 6.45) is -9.69. The zero-order chi connectivity index (χ0) is 22.7. The highest BCUT2D eigenvalue weighted by Gasteiger charge is 3.05. The van der Waals surface area contributed by atoms with E-state index in [1.165, 1.54) is 6.92 Å². The van der Waals surface area contributed by atoms with E-state index in [1.807, 2.05) is 0 Å². The second kappa shape index (κ2) is 4.91. The molecule has 0 amide bonds. The van der Waals surface area contributed by atoms with Crippen molar-refractivity contribution in [2.75, 3.05) is 0 Å². The van der Waals surface area contributed by atoms with Crippen LogP contribution >= 0.6 is 0 Å². The summed E-state index contributed by atoms with van der Waals surface area (Å²) in [4.78, 5) is 38.3. The van der Waals surface area contributed by atoms with E-state index in [4.69, 9.17) is 18.9 Å². The van der Waals surface area contributed by atoms with Crippen molar-refractivity contribution in [3.63, 3.8) is 0 Å². The zero-order valence-electron chi connectivity index (χ0n) is 17.3. The predicted octanol–water partition coefficient (Wildman–Crippen LogP) is -2.40. The first kappa shape index (κ1) is 19.9. The van der Waals surface area contributed by atoms with Crippen LogP contribution in [0.3, 0.4) is 0 Å². The molecule has 4 N–H and O–H groups in total. The van der Waals surface area contributed by atoms with Crippen LogP contribution in [0.2, 0.25) is 0 Å². The molecule has 0 aromatic carbocycles. The van der Waals surface area contributed by atoms with Crippen LogP contribution < -0.4 is 0 Å². The van der Waals surface area contributed by atoms with E-state index < -0.39 is 94.0 Å². The first-order valence-corrected chi connectivity index (χ1v) is 10.3. The molecule has 4 heterocycles. The SMILES string of the molecule is C[C@@H]1C(=O)O[C@H]2[C@@H](O)C34[C@@H]5OC(=O)[C@]3(OC3OC(=O)[C@H](O)C34[C@H](C(C)(C)C)[C@H]5O)[C@@]12O.